The summed E-state index contributed by atoms with van der Waals surface area (Å²) in [6.45, 7) is 7.62. The number of nitrogens with two attached hydrogens (primary N) is 6. The van der Waals surface area contributed by atoms with Gasteiger partial charge in [0, 0.05) is 164 Å². The number of fused-ring (bicyclic) bond motifs is 3. The summed E-state index contributed by atoms with van der Waals surface area (Å²) >= 11 is 0. The summed E-state index contributed by atoms with van der Waals surface area (Å²) < 4.78 is 55.6. The van der Waals surface area contributed by atoms with Crippen LogP contribution in [-0.2, 0) is 24.1 Å². The van der Waals surface area contributed by atoms with Crippen molar-refractivity contribution in [2.45, 2.75) is 71.1 Å². The van der Waals surface area contributed by atoms with Gasteiger partial charge in [-0.25, -0.2) is 4.39 Å². The first-order chi connectivity index (χ1) is 64.1. The Hall–Kier alpha value is -14.1. The average molecular weight is 1850 g/mol. The van der Waals surface area contributed by atoms with Crippen LogP contribution in [0.1, 0.15) is 95.6 Å². The molecule has 718 valence electrons. The second kappa shape index (κ2) is 63.8. The predicted molar refractivity (Wildman–Crippen MR) is 519 cm³/mol. The molecule has 3 heterocycles. The highest BCUT2D eigenvalue weighted by Gasteiger charge is 2.22. The Kier molecular flexibility index (Phi) is 53.4. The molecule has 13 rings (SSSR count). The molecule has 0 unspecified atom stereocenters. The number of rotatable bonds is 36. The number of hydrogen-bond acceptors (Lipinski definition) is 32. The van der Waals surface area contributed by atoms with Crippen molar-refractivity contribution < 1.29 is 103 Å². The number of aliphatic hydroxyl groups is 7. The Labute approximate surface area is 774 Å². The molecular weight excluding hydrogens is 1720 g/mol. The van der Waals surface area contributed by atoms with E-state index in [1.54, 1.807) is 75.7 Å². The highest BCUT2D eigenvalue weighted by Crippen LogP contribution is 2.37. The molecule has 0 aliphatic carbocycles. The van der Waals surface area contributed by atoms with E-state index in [0.717, 1.165) is 155 Å². The summed E-state index contributed by atoms with van der Waals surface area (Å²) in [6.07, 6.45) is 8.17. The van der Waals surface area contributed by atoms with Gasteiger partial charge in [-0.05, 0) is 191 Å². The maximum Gasteiger partial charge on any atom is 0.292 e. The van der Waals surface area contributed by atoms with Gasteiger partial charge >= 0.3 is 0 Å². The summed E-state index contributed by atoms with van der Waals surface area (Å²) in [4.78, 5) is 56.7. The maximum absolute atomic E-state index is 12.3. The fraction of sp³-hybridized carbons (Fsp3) is 0.330. The van der Waals surface area contributed by atoms with E-state index in [1.165, 1.54) is 34.9 Å². The Morgan fingerprint density at radius 1 is 0.368 bits per heavy atom. The molecule has 0 radical (unpaired) electrons. The fourth-order valence-electron chi connectivity index (χ4n) is 11.6. The number of nitrogens with zero attached hydrogens (tertiary/aromatic N) is 7. The number of halogens is 1. The zero-order valence-corrected chi connectivity index (χ0v) is 76.2. The van der Waals surface area contributed by atoms with Gasteiger partial charge in [0.15, 0.2) is 0 Å². The Morgan fingerprint density at radius 3 is 0.902 bits per heavy atom. The lowest BCUT2D eigenvalue weighted by molar-refractivity contribution is -0.384. The number of aliphatic imine (C=N–C) groups is 3. The third-order valence-electron chi connectivity index (χ3n) is 18.4. The smallest absolute Gasteiger partial charge is 0.292 e. The molecule has 133 heavy (non-hydrogen) atoms. The highest BCUT2D eigenvalue weighted by atomic mass is 19.1. The van der Waals surface area contributed by atoms with Crippen molar-refractivity contribution in [3.8, 4) is 46.0 Å². The van der Waals surface area contributed by atoms with Crippen molar-refractivity contribution in [3.63, 3.8) is 0 Å². The van der Waals surface area contributed by atoms with E-state index >= 15 is 0 Å². The fourth-order valence-corrected chi connectivity index (χ4v) is 11.6. The highest BCUT2D eigenvalue weighted by molar-refractivity contribution is 6.10. The van der Waals surface area contributed by atoms with Crippen molar-refractivity contribution in [2.75, 3.05) is 176 Å². The molecule has 0 spiro atoms. The van der Waals surface area contributed by atoms with Crippen molar-refractivity contribution >= 4 is 92.5 Å². The summed E-state index contributed by atoms with van der Waals surface area (Å²) in [5.74, 6) is 5.44. The lowest BCUT2D eigenvalue weighted by Gasteiger charge is -2.11. The summed E-state index contributed by atoms with van der Waals surface area (Å²) in [6, 6.07) is 59.3. The third-order valence-corrected chi connectivity index (χ3v) is 18.4. The number of nitrogen functional groups attached to an aromatic ring is 6. The number of hydrogen-bond donors (Lipinski definition) is 14. The third kappa shape index (κ3) is 42.6. The minimum Gasteiger partial charge on any atom is -0.497 e. The lowest BCUT2D eigenvalue weighted by atomic mass is 10.00. The normalized spacial score (nSPS) is 11.2. The minimum absolute atomic E-state index is 0.0441. The summed E-state index contributed by atoms with van der Waals surface area (Å²) in [5.41, 5.74) is 48.5. The molecular formula is C97H126FN13O22. The zero-order valence-electron chi connectivity index (χ0n) is 76.2. The molecule has 0 amide bonds. The molecule has 10 aromatic rings. The van der Waals surface area contributed by atoms with Crippen molar-refractivity contribution in [1.29, 1.82) is 0 Å². The van der Waals surface area contributed by atoms with Crippen LogP contribution in [0.5, 0.6) is 46.0 Å². The topological polar surface area (TPSA) is 556 Å². The average Bonchev–Trinajstić information content (AvgIpc) is 1.68. The second-order valence-corrected chi connectivity index (χ2v) is 29.2. The molecule has 10 aromatic carbocycles. The van der Waals surface area contributed by atoms with E-state index in [-0.39, 0.29) is 75.5 Å². The number of ether oxygens (including phenoxy) is 8. The van der Waals surface area contributed by atoms with Gasteiger partial charge < -0.3 is 123 Å². The molecule has 0 bridgehead atoms. The monoisotopic (exact) mass is 1840 g/mol. The predicted octanol–water partition coefficient (Wildman–Crippen LogP) is 12.9. The van der Waals surface area contributed by atoms with E-state index < -0.39 is 15.7 Å². The Morgan fingerprint density at radius 2 is 0.632 bits per heavy atom. The van der Waals surface area contributed by atoms with E-state index in [9.17, 15) is 29.4 Å². The first-order valence-electron chi connectivity index (χ1n) is 42.5. The van der Waals surface area contributed by atoms with Gasteiger partial charge in [0.05, 0.1) is 121 Å². The SMILES string of the molecule is CCO.CN(C)CCCOc1ccc(N)c(N)c1.CN(C)CCCOc1ccc2c(c1)N=C(c1ccc(C3=Nc4cc(OCCCO)ccc4C3)cc1)C2.COc1ccc(C2=Nc3cc(OCCCO)ccc3C2)cc1.COc1ccc(C=O)cc1.Nc1cc(F)ccc1[N+](=O)[O-].Nc1cc(OCCCO)ccc1[N+](=O)[O-].Nc1ccc(OCCCO)cc1N.O=CO.OCCCO. The molecule has 0 saturated heterocycles. The number of carboxylic acid groups (broad SMARTS) is 1. The van der Waals surface area contributed by atoms with E-state index in [4.69, 9.17) is 133 Å². The van der Waals surface area contributed by atoms with Crippen molar-refractivity contribution in [3.05, 3.63) is 265 Å². The number of benzene rings is 10. The van der Waals surface area contributed by atoms with Crippen LogP contribution in [0.25, 0.3) is 0 Å². The van der Waals surface area contributed by atoms with Gasteiger partial charge in [-0.3, -0.25) is 44.8 Å². The molecule has 0 saturated carbocycles. The molecule has 20 N–H and O–H groups in total. The zero-order chi connectivity index (χ0) is 97.8. The van der Waals surface area contributed by atoms with Crippen LogP contribution in [0.15, 0.2) is 215 Å². The first kappa shape index (κ1) is 111. The van der Waals surface area contributed by atoms with Gasteiger partial charge in [0.2, 0.25) is 0 Å². The van der Waals surface area contributed by atoms with Crippen LogP contribution in [-0.4, -0.2) is 232 Å². The maximum atomic E-state index is 12.3. The van der Waals surface area contributed by atoms with E-state index in [2.05, 4.69) is 78.5 Å². The Bertz CT molecular complexity index is 5210. The van der Waals surface area contributed by atoms with Crippen LogP contribution < -0.4 is 72.3 Å². The van der Waals surface area contributed by atoms with Crippen LogP contribution in [0.2, 0.25) is 0 Å². The molecule has 35 nitrogen and oxygen atoms in total. The summed E-state index contributed by atoms with van der Waals surface area (Å²) in [7, 11) is 11.5. The second-order valence-electron chi connectivity index (χ2n) is 29.2. The summed E-state index contributed by atoms with van der Waals surface area (Å²) in [5, 5.41) is 85.6. The molecule has 0 aromatic heterocycles. The van der Waals surface area contributed by atoms with Crippen molar-refractivity contribution in [1.82, 2.24) is 9.80 Å². The number of anilines is 6. The van der Waals surface area contributed by atoms with Gasteiger partial charge in [-0.2, -0.15) is 0 Å². The van der Waals surface area contributed by atoms with Crippen LogP contribution in [0, 0.1) is 26.0 Å². The van der Waals surface area contributed by atoms with Gasteiger partial charge in [-0.15, -0.1) is 0 Å². The van der Waals surface area contributed by atoms with Crippen LogP contribution in [0.4, 0.5) is 67.0 Å². The molecule has 3 aliphatic rings. The Balaban J connectivity index is 0.000000333. The van der Waals surface area contributed by atoms with Crippen molar-refractivity contribution in [2.24, 2.45) is 15.0 Å². The number of nitro groups is 2. The van der Waals surface area contributed by atoms with Gasteiger partial charge in [0.1, 0.15) is 69.5 Å². The van der Waals surface area contributed by atoms with Gasteiger partial charge in [0.25, 0.3) is 17.8 Å². The molecule has 36 heteroatoms. The quantitative estimate of drug-likeness (QED) is 0.00570. The van der Waals surface area contributed by atoms with E-state index in [0.29, 0.717) is 112 Å². The molecule has 0 fully saturated rings. The number of carbonyl (C=O) groups is 2. The number of nitro benzene ring substituents is 2. The largest absolute Gasteiger partial charge is 0.497 e. The molecule has 3 aliphatic heterocycles. The lowest BCUT2D eigenvalue weighted by Crippen LogP contribution is -2.15. The molecule has 0 atom stereocenters. The van der Waals surface area contributed by atoms with E-state index in [1.807, 2.05) is 68.7 Å². The minimum atomic E-state index is -0.658. The standard InChI is InChI=1S/C30H33N3O3.C18H19NO3.C11H19N3O.C9H12N2O4.C9H14N2O2.C8H8O2.C6H5FN2O2.C3H8O2.C2H6O.CH2O2/c1-33(2)13-3-15-35-25-11-9-23-17-27(31-29(23)19-25)21-5-7-22(8-6-21)28-18-24-10-12-26(20-30(24)32-28)36-16-4-14-34;1-21-15-6-3-13(4-7-15)17-11-14-5-8-16(12-18(14)19-17)22-10-2-9-20;1-14(2)6-3-7-15-9-4-5-10(12)11(13)8-9;10-8-6-7(15-5-1-4-12)2-3-9(8)11(13)14;10-8-3-2-7(6-9(8)11)13-5-1-4-12;1-10-8-4-2-7(6-9)3-5-8;7-4-1-2-6(9(10)11)5(8)3-4;4-2-1-3-5;1-2-3;2-1-3/h5-12,19-20,34H,3-4,13-18H2,1-2H3;3-8,12,20H,2,9-11H2,1H3;4-5,8H,3,6-7,12-13H2,1-2H3;2-3,6,12H,1,4-5,10H2;2-3,6,12H,1,4-5,10-11H2;2-6H,1H3;1-3H,8H2;4-5H,1-3H2;3H,2H2,1H3;1H,(H,2,3). The number of aldehydes is 1. The first-order valence-corrected chi connectivity index (χ1v) is 42.5. The van der Waals surface area contributed by atoms with Crippen LogP contribution >= 0.6 is 0 Å². The van der Waals surface area contributed by atoms with Gasteiger partial charge in [-0.1, -0.05) is 42.5 Å². The number of aliphatic hydroxyl groups excluding tert-OH is 7. The number of carbonyl (C=O) groups excluding carboxylic acids is 1. The van der Waals surface area contributed by atoms with Crippen LogP contribution in [0.3, 0.4) is 0 Å². The number of methoxy groups -OCH3 is 2.